The molecule has 2 heterocycles. The second-order valence-electron chi connectivity index (χ2n) is 4.50. The third kappa shape index (κ3) is 3.49. The van der Waals surface area contributed by atoms with Crippen LogP contribution in [0.2, 0.25) is 5.15 Å². The monoisotopic (exact) mass is 305 g/mol. The van der Waals surface area contributed by atoms with Crippen LogP contribution in [0.25, 0.3) is 11.1 Å². The Balaban J connectivity index is 2.48. The maximum atomic E-state index is 11.7. The summed E-state index contributed by atoms with van der Waals surface area (Å²) in [4.78, 5) is 20.1. The van der Waals surface area contributed by atoms with E-state index in [0.29, 0.717) is 34.3 Å². The highest BCUT2D eigenvalue weighted by atomic mass is 35.5. The van der Waals surface area contributed by atoms with Crippen molar-refractivity contribution in [3.8, 4) is 11.1 Å². The molecule has 110 valence electrons. The zero-order chi connectivity index (χ0) is 15.4. The normalized spacial score (nSPS) is 10.4. The molecule has 6 heteroatoms. The van der Waals surface area contributed by atoms with Crippen LogP contribution in [0.1, 0.15) is 18.3 Å². The van der Waals surface area contributed by atoms with Gasteiger partial charge in [-0.05, 0) is 26.0 Å². The summed E-state index contributed by atoms with van der Waals surface area (Å²) in [5.74, 6) is -0.341. The number of ether oxygens (including phenoxy) is 1. The van der Waals surface area contributed by atoms with E-state index in [9.17, 15) is 4.79 Å². The molecule has 0 atom stereocenters. The van der Waals surface area contributed by atoms with Gasteiger partial charge in [-0.15, -0.1) is 0 Å². The number of anilines is 1. The van der Waals surface area contributed by atoms with Crippen LogP contribution in [-0.4, -0.2) is 22.5 Å². The lowest BCUT2D eigenvalue weighted by atomic mass is 10.0. The van der Waals surface area contributed by atoms with Gasteiger partial charge in [0.1, 0.15) is 5.15 Å². The minimum Gasteiger partial charge on any atom is -0.466 e. The summed E-state index contributed by atoms with van der Waals surface area (Å²) < 4.78 is 4.96. The SMILES string of the molecule is CCOC(=O)Cc1ncccc1-c1c(N)cc(C)nc1Cl. The average Bonchev–Trinajstić information content (AvgIpc) is 2.39. The maximum Gasteiger partial charge on any atom is 0.311 e. The van der Waals surface area contributed by atoms with Crippen molar-refractivity contribution in [3.63, 3.8) is 0 Å². The summed E-state index contributed by atoms with van der Waals surface area (Å²) in [5.41, 5.74) is 9.14. The minimum absolute atomic E-state index is 0.0632. The van der Waals surface area contributed by atoms with Gasteiger partial charge >= 0.3 is 5.97 Å². The van der Waals surface area contributed by atoms with Crippen molar-refractivity contribution in [2.75, 3.05) is 12.3 Å². The van der Waals surface area contributed by atoms with Gasteiger partial charge in [0, 0.05) is 28.7 Å². The lowest BCUT2D eigenvalue weighted by Gasteiger charge is -2.12. The van der Waals surface area contributed by atoms with Gasteiger partial charge in [-0.25, -0.2) is 4.98 Å². The van der Waals surface area contributed by atoms with E-state index in [2.05, 4.69) is 9.97 Å². The summed E-state index contributed by atoms with van der Waals surface area (Å²) in [6.07, 6.45) is 1.68. The number of nitrogen functional groups attached to an aromatic ring is 1. The van der Waals surface area contributed by atoms with Gasteiger partial charge in [-0.1, -0.05) is 17.7 Å². The third-order valence-corrected chi connectivity index (χ3v) is 3.18. The standard InChI is InChI=1S/C15H16ClN3O2/c1-3-21-13(20)8-12-10(5-4-6-18-12)14-11(17)7-9(2)19-15(14)16/h4-7H,3,8H2,1-2H3,(H2,17,19). The highest BCUT2D eigenvalue weighted by Crippen LogP contribution is 2.34. The van der Waals surface area contributed by atoms with Crippen molar-refractivity contribution >= 4 is 23.3 Å². The Labute approximate surface area is 128 Å². The molecular weight excluding hydrogens is 290 g/mol. The van der Waals surface area contributed by atoms with Gasteiger partial charge in [0.15, 0.2) is 0 Å². The molecule has 0 aliphatic heterocycles. The number of carbonyl (C=O) groups excluding carboxylic acids is 1. The maximum absolute atomic E-state index is 11.7. The first kappa shape index (κ1) is 15.3. The molecular formula is C15H16ClN3O2. The Morgan fingerprint density at radius 1 is 1.48 bits per heavy atom. The highest BCUT2D eigenvalue weighted by molar-refractivity contribution is 6.32. The predicted octanol–water partition coefficient (Wildman–Crippen LogP) is 2.79. The fourth-order valence-corrected chi connectivity index (χ4v) is 2.43. The van der Waals surface area contributed by atoms with E-state index >= 15 is 0 Å². The molecule has 21 heavy (non-hydrogen) atoms. The summed E-state index contributed by atoms with van der Waals surface area (Å²) in [5, 5.41) is 0.297. The molecule has 2 aromatic rings. The first-order valence-electron chi connectivity index (χ1n) is 6.55. The van der Waals surface area contributed by atoms with E-state index in [1.165, 1.54) is 0 Å². The summed E-state index contributed by atoms with van der Waals surface area (Å²) in [7, 11) is 0. The van der Waals surface area contributed by atoms with E-state index in [4.69, 9.17) is 22.1 Å². The van der Waals surface area contributed by atoms with Crippen molar-refractivity contribution in [2.24, 2.45) is 0 Å². The Kier molecular flexibility index (Phi) is 4.75. The van der Waals surface area contributed by atoms with E-state index in [1.54, 1.807) is 25.3 Å². The lowest BCUT2D eigenvalue weighted by Crippen LogP contribution is -2.10. The number of hydrogen-bond donors (Lipinski definition) is 1. The molecule has 0 saturated carbocycles. The molecule has 0 spiro atoms. The van der Waals surface area contributed by atoms with Crippen LogP contribution >= 0.6 is 11.6 Å². The van der Waals surface area contributed by atoms with Gasteiger partial charge in [0.05, 0.1) is 18.7 Å². The first-order valence-corrected chi connectivity index (χ1v) is 6.93. The number of nitrogens with zero attached hydrogens (tertiary/aromatic N) is 2. The molecule has 0 aromatic carbocycles. The zero-order valence-electron chi connectivity index (χ0n) is 11.9. The van der Waals surface area contributed by atoms with Crippen molar-refractivity contribution in [1.29, 1.82) is 0 Å². The van der Waals surface area contributed by atoms with E-state index in [0.717, 1.165) is 5.69 Å². The largest absolute Gasteiger partial charge is 0.466 e. The number of hydrogen-bond acceptors (Lipinski definition) is 5. The van der Waals surface area contributed by atoms with Gasteiger partial charge in [0.2, 0.25) is 0 Å². The van der Waals surface area contributed by atoms with Crippen molar-refractivity contribution < 1.29 is 9.53 Å². The van der Waals surface area contributed by atoms with E-state index in [1.807, 2.05) is 13.0 Å². The number of pyridine rings is 2. The number of rotatable bonds is 4. The molecule has 0 bridgehead atoms. The van der Waals surface area contributed by atoms with Gasteiger partial charge in [-0.3, -0.25) is 9.78 Å². The average molecular weight is 306 g/mol. The van der Waals surface area contributed by atoms with Gasteiger partial charge < -0.3 is 10.5 Å². The fourth-order valence-electron chi connectivity index (χ4n) is 2.08. The summed E-state index contributed by atoms with van der Waals surface area (Å²) in [6, 6.07) is 5.32. The molecule has 0 saturated heterocycles. The Bertz CT molecular complexity index is 651. The van der Waals surface area contributed by atoms with Gasteiger partial charge in [-0.2, -0.15) is 0 Å². The Morgan fingerprint density at radius 2 is 2.24 bits per heavy atom. The predicted molar refractivity (Wildman–Crippen MR) is 82.0 cm³/mol. The van der Waals surface area contributed by atoms with Crippen molar-refractivity contribution in [3.05, 3.63) is 40.9 Å². The number of aryl methyl sites for hydroxylation is 1. The lowest BCUT2D eigenvalue weighted by molar-refractivity contribution is -0.142. The van der Waals surface area contributed by atoms with Crippen molar-refractivity contribution in [1.82, 2.24) is 9.97 Å². The van der Waals surface area contributed by atoms with Gasteiger partial charge in [0.25, 0.3) is 0 Å². The molecule has 0 aliphatic carbocycles. The third-order valence-electron chi connectivity index (χ3n) is 2.91. The number of nitrogens with two attached hydrogens (primary N) is 1. The molecule has 0 amide bonds. The van der Waals surface area contributed by atoms with E-state index in [-0.39, 0.29) is 12.4 Å². The van der Waals surface area contributed by atoms with E-state index < -0.39 is 0 Å². The van der Waals surface area contributed by atoms with Crippen LogP contribution in [0, 0.1) is 6.92 Å². The Morgan fingerprint density at radius 3 is 2.90 bits per heavy atom. The van der Waals surface area contributed by atoms with Crippen LogP contribution < -0.4 is 5.73 Å². The summed E-state index contributed by atoms with van der Waals surface area (Å²) in [6.45, 7) is 3.90. The number of carbonyl (C=O) groups is 1. The molecule has 2 rings (SSSR count). The van der Waals surface area contributed by atoms with Crippen LogP contribution in [0.5, 0.6) is 0 Å². The highest BCUT2D eigenvalue weighted by Gasteiger charge is 2.17. The van der Waals surface area contributed by atoms with Crippen LogP contribution in [-0.2, 0) is 16.0 Å². The molecule has 5 nitrogen and oxygen atoms in total. The molecule has 2 N–H and O–H groups in total. The molecule has 0 radical (unpaired) electrons. The second kappa shape index (κ2) is 6.54. The second-order valence-corrected chi connectivity index (χ2v) is 4.86. The topological polar surface area (TPSA) is 78.1 Å². The molecule has 0 fully saturated rings. The first-order chi connectivity index (χ1) is 10.0. The van der Waals surface area contributed by atoms with Crippen LogP contribution in [0.4, 0.5) is 5.69 Å². The smallest absolute Gasteiger partial charge is 0.311 e. The number of aromatic nitrogens is 2. The zero-order valence-corrected chi connectivity index (χ0v) is 12.6. The molecule has 0 aliphatic rings. The quantitative estimate of drug-likeness (QED) is 0.694. The molecule has 0 unspecified atom stereocenters. The van der Waals surface area contributed by atoms with Crippen molar-refractivity contribution in [2.45, 2.75) is 20.3 Å². The Hall–Kier alpha value is -2.14. The van der Waals surface area contributed by atoms with Crippen LogP contribution in [0.3, 0.4) is 0 Å². The number of esters is 1. The van der Waals surface area contributed by atoms with Crippen LogP contribution in [0.15, 0.2) is 24.4 Å². The minimum atomic E-state index is -0.341. The summed E-state index contributed by atoms with van der Waals surface area (Å²) >= 11 is 6.20. The number of halogens is 1. The molecule has 2 aromatic heterocycles. The fraction of sp³-hybridized carbons (Fsp3) is 0.267.